The van der Waals surface area contributed by atoms with Crippen molar-refractivity contribution in [1.82, 2.24) is 5.32 Å². The normalized spacial score (nSPS) is 40.4. The molecular weight excluding hydrogens is 366 g/mol. The maximum absolute atomic E-state index is 12.9. The van der Waals surface area contributed by atoms with E-state index in [1.807, 2.05) is 38.2 Å². The standard InChI is InChI=1S/C24H33NO4/c1-5-6-7-8-17-11-10-16-13-14(2)9-12-18(16)24(17,4)22(28)19-21(27)20(15(3)26)25-23(19)29/h5-8,10-11,14-18,20,26,28H,9,12-13H2,1-4H3,(H,25,29)/b6-5+,8-7+,22-19+/t14-,15-,16-,17-,18-,20+,24-/m1/s1. The van der Waals surface area contributed by atoms with E-state index < -0.39 is 29.3 Å². The second-order valence-corrected chi connectivity index (χ2v) is 9.07. The highest BCUT2D eigenvalue weighted by molar-refractivity contribution is 6.27. The van der Waals surface area contributed by atoms with Gasteiger partial charge in [0.1, 0.15) is 17.4 Å². The van der Waals surface area contributed by atoms with Crippen molar-refractivity contribution < 1.29 is 19.8 Å². The second-order valence-electron chi connectivity index (χ2n) is 9.07. The number of fused-ring (bicyclic) bond motifs is 1. The van der Waals surface area contributed by atoms with Gasteiger partial charge in [-0.15, -0.1) is 0 Å². The number of hydrogen-bond acceptors (Lipinski definition) is 4. The number of rotatable bonds is 4. The van der Waals surface area contributed by atoms with Crippen molar-refractivity contribution in [3.63, 3.8) is 0 Å². The number of aliphatic hydroxyl groups is 2. The Balaban J connectivity index is 2.11. The van der Waals surface area contributed by atoms with Crippen LogP contribution in [0.3, 0.4) is 0 Å². The fourth-order valence-electron chi connectivity index (χ4n) is 5.36. The minimum absolute atomic E-state index is 0.132. The van der Waals surface area contributed by atoms with Gasteiger partial charge in [0.15, 0.2) is 5.78 Å². The number of carbonyl (C=O) groups excluding carboxylic acids is 2. The van der Waals surface area contributed by atoms with E-state index in [1.165, 1.54) is 6.92 Å². The molecule has 1 saturated carbocycles. The van der Waals surface area contributed by atoms with Crippen LogP contribution in [0.1, 0.15) is 47.0 Å². The Bertz CT molecular complexity index is 791. The van der Waals surface area contributed by atoms with Crippen LogP contribution in [0.4, 0.5) is 0 Å². The van der Waals surface area contributed by atoms with Crippen molar-refractivity contribution in [2.24, 2.45) is 29.1 Å². The maximum Gasteiger partial charge on any atom is 0.259 e. The summed E-state index contributed by atoms with van der Waals surface area (Å²) in [5.74, 6) is -0.306. The highest BCUT2D eigenvalue weighted by atomic mass is 16.3. The molecule has 1 heterocycles. The van der Waals surface area contributed by atoms with Crippen LogP contribution in [0, 0.1) is 29.1 Å². The predicted molar refractivity (Wildman–Crippen MR) is 113 cm³/mol. The van der Waals surface area contributed by atoms with E-state index in [-0.39, 0.29) is 23.2 Å². The molecule has 7 atom stereocenters. The van der Waals surface area contributed by atoms with Crippen LogP contribution in [-0.4, -0.2) is 34.0 Å². The van der Waals surface area contributed by atoms with Gasteiger partial charge >= 0.3 is 0 Å². The van der Waals surface area contributed by atoms with Crippen LogP contribution in [0.5, 0.6) is 0 Å². The number of Topliss-reactive ketones (excluding diaryl/α,β-unsaturated/α-hetero) is 1. The highest BCUT2D eigenvalue weighted by Gasteiger charge is 2.53. The summed E-state index contributed by atoms with van der Waals surface area (Å²) >= 11 is 0. The van der Waals surface area contributed by atoms with Gasteiger partial charge in [-0.05, 0) is 44.4 Å². The topological polar surface area (TPSA) is 86.6 Å². The SMILES string of the molecule is C/C=C/C=C/[C@@H]1C=C[C@@H]2C[C@H](C)CC[C@H]2[C@]1(C)/C(O)=C1\C(=O)N[C@@H]([C@@H](C)O)C1=O. The number of ketones is 1. The molecule has 3 N–H and O–H groups in total. The van der Waals surface area contributed by atoms with Gasteiger partial charge in [0.2, 0.25) is 0 Å². The molecule has 2 aliphatic carbocycles. The maximum atomic E-state index is 12.9. The van der Waals surface area contributed by atoms with E-state index in [1.54, 1.807) is 0 Å². The Morgan fingerprint density at radius 2 is 2.00 bits per heavy atom. The zero-order valence-electron chi connectivity index (χ0n) is 17.8. The summed E-state index contributed by atoms with van der Waals surface area (Å²) in [4.78, 5) is 25.5. The average Bonchev–Trinajstić information content (AvgIpc) is 2.97. The lowest BCUT2D eigenvalue weighted by molar-refractivity contribution is -0.118. The molecule has 0 aromatic rings. The largest absolute Gasteiger partial charge is 0.511 e. The van der Waals surface area contributed by atoms with Gasteiger partial charge < -0.3 is 15.5 Å². The van der Waals surface area contributed by atoms with Crippen molar-refractivity contribution in [3.8, 4) is 0 Å². The molecule has 0 aromatic carbocycles. The van der Waals surface area contributed by atoms with E-state index in [9.17, 15) is 19.8 Å². The molecule has 0 aromatic heterocycles. The summed E-state index contributed by atoms with van der Waals surface area (Å²) < 4.78 is 0. The van der Waals surface area contributed by atoms with Crippen molar-refractivity contribution in [2.75, 3.05) is 0 Å². The second kappa shape index (κ2) is 8.31. The summed E-state index contributed by atoms with van der Waals surface area (Å²) in [5, 5.41) is 23.8. The molecule has 29 heavy (non-hydrogen) atoms. The molecule has 5 heteroatoms. The summed E-state index contributed by atoms with van der Waals surface area (Å²) in [6.07, 6.45) is 14.2. The third-order valence-electron chi connectivity index (χ3n) is 7.08. The number of carbonyl (C=O) groups is 2. The predicted octanol–water partition coefficient (Wildman–Crippen LogP) is 3.62. The molecule has 3 aliphatic rings. The van der Waals surface area contributed by atoms with E-state index in [0.29, 0.717) is 11.8 Å². The fraction of sp³-hybridized carbons (Fsp3) is 0.583. The van der Waals surface area contributed by atoms with Crippen molar-refractivity contribution in [1.29, 1.82) is 0 Å². The van der Waals surface area contributed by atoms with Gasteiger partial charge in [0, 0.05) is 11.3 Å². The minimum Gasteiger partial charge on any atom is -0.511 e. The molecule has 3 rings (SSSR count). The molecule has 2 fully saturated rings. The Hall–Kier alpha value is -2.14. The van der Waals surface area contributed by atoms with Crippen molar-refractivity contribution in [3.05, 3.63) is 47.8 Å². The van der Waals surface area contributed by atoms with Crippen molar-refractivity contribution in [2.45, 2.75) is 59.1 Å². The minimum atomic E-state index is -1.01. The molecule has 0 spiro atoms. The Labute approximate surface area is 173 Å². The smallest absolute Gasteiger partial charge is 0.259 e. The van der Waals surface area contributed by atoms with Gasteiger partial charge in [-0.3, -0.25) is 9.59 Å². The number of nitrogens with one attached hydrogen (secondary N) is 1. The average molecular weight is 400 g/mol. The zero-order chi connectivity index (χ0) is 21.3. The van der Waals surface area contributed by atoms with Gasteiger partial charge in [-0.2, -0.15) is 0 Å². The molecular formula is C24H33NO4. The molecule has 1 aliphatic heterocycles. The van der Waals surface area contributed by atoms with E-state index in [4.69, 9.17) is 0 Å². The molecule has 1 saturated heterocycles. The Morgan fingerprint density at radius 1 is 1.28 bits per heavy atom. The van der Waals surface area contributed by atoms with Gasteiger partial charge in [-0.1, -0.05) is 56.7 Å². The van der Waals surface area contributed by atoms with Crippen LogP contribution in [0.2, 0.25) is 0 Å². The lowest BCUT2D eigenvalue weighted by Gasteiger charge is -2.50. The van der Waals surface area contributed by atoms with Crippen LogP contribution in [-0.2, 0) is 9.59 Å². The summed E-state index contributed by atoms with van der Waals surface area (Å²) in [6, 6.07) is -0.999. The first kappa shape index (κ1) is 21.6. The van der Waals surface area contributed by atoms with Gasteiger partial charge in [-0.25, -0.2) is 0 Å². The highest BCUT2D eigenvalue weighted by Crippen LogP contribution is 2.56. The van der Waals surface area contributed by atoms with Gasteiger partial charge in [0.25, 0.3) is 5.91 Å². The molecule has 0 radical (unpaired) electrons. The van der Waals surface area contributed by atoms with Crippen LogP contribution in [0.15, 0.2) is 47.8 Å². The zero-order valence-corrected chi connectivity index (χ0v) is 17.8. The number of hydrogen-bond donors (Lipinski definition) is 3. The van der Waals surface area contributed by atoms with Gasteiger partial charge in [0.05, 0.1) is 6.10 Å². The summed E-state index contributed by atoms with van der Waals surface area (Å²) in [6.45, 7) is 7.64. The monoisotopic (exact) mass is 399 g/mol. The molecule has 5 nitrogen and oxygen atoms in total. The fourth-order valence-corrected chi connectivity index (χ4v) is 5.36. The first-order chi connectivity index (χ1) is 13.7. The number of allylic oxidation sites excluding steroid dienone is 7. The van der Waals surface area contributed by atoms with E-state index in [2.05, 4.69) is 24.4 Å². The molecule has 0 bridgehead atoms. The lowest BCUT2D eigenvalue weighted by Crippen LogP contribution is -2.45. The van der Waals surface area contributed by atoms with Crippen molar-refractivity contribution >= 4 is 11.7 Å². The Morgan fingerprint density at radius 3 is 2.62 bits per heavy atom. The third-order valence-corrected chi connectivity index (χ3v) is 7.08. The lowest BCUT2D eigenvalue weighted by atomic mass is 9.54. The van der Waals surface area contributed by atoms with Crippen LogP contribution < -0.4 is 5.32 Å². The number of amides is 1. The number of aliphatic hydroxyl groups excluding tert-OH is 2. The summed E-state index contributed by atoms with van der Waals surface area (Å²) in [5.41, 5.74) is -0.941. The van der Waals surface area contributed by atoms with Crippen LogP contribution >= 0.6 is 0 Å². The first-order valence-corrected chi connectivity index (χ1v) is 10.7. The molecule has 0 unspecified atom stereocenters. The Kier molecular flexibility index (Phi) is 6.18. The molecule has 1 amide bonds. The van der Waals surface area contributed by atoms with E-state index in [0.717, 1.165) is 19.3 Å². The molecule has 158 valence electrons. The quantitative estimate of drug-likeness (QED) is 0.222. The first-order valence-electron chi connectivity index (χ1n) is 10.7. The summed E-state index contributed by atoms with van der Waals surface area (Å²) in [7, 11) is 0. The third kappa shape index (κ3) is 3.73. The van der Waals surface area contributed by atoms with Crippen LogP contribution in [0.25, 0.3) is 0 Å². The van der Waals surface area contributed by atoms with E-state index >= 15 is 0 Å².